The fraction of sp³-hybridized carbons (Fsp3) is 0.278. The van der Waals surface area contributed by atoms with Gasteiger partial charge in [-0.25, -0.2) is 0 Å². The Hall–Kier alpha value is -2.49. The van der Waals surface area contributed by atoms with Gasteiger partial charge in [0.2, 0.25) is 0 Å². The van der Waals surface area contributed by atoms with Gasteiger partial charge in [-0.3, -0.25) is 4.79 Å². The summed E-state index contributed by atoms with van der Waals surface area (Å²) in [6.07, 6.45) is 0.372. The molecule has 1 aliphatic heterocycles. The number of amides is 1. The Labute approximate surface area is 130 Å². The number of carbonyl (C=O) groups excluding carboxylic acids is 1. The summed E-state index contributed by atoms with van der Waals surface area (Å²) in [7, 11) is 1.62. The second kappa shape index (κ2) is 6.10. The molecule has 0 aromatic heterocycles. The number of hydrogen-bond donors (Lipinski definition) is 0. The maximum absolute atomic E-state index is 12.6. The Bertz CT molecular complexity index is 666. The van der Waals surface area contributed by atoms with Crippen LogP contribution in [0.15, 0.2) is 48.5 Å². The average molecular weight is 297 g/mol. The van der Waals surface area contributed by atoms with Crippen LogP contribution < -0.4 is 14.4 Å². The van der Waals surface area contributed by atoms with Gasteiger partial charge in [-0.15, -0.1) is 0 Å². The summed E-state index contributed by atoms with van der Waals surface area (Å²) in [5.74, 6) is 1.41. The highest BCUT2D eigenvalue weighted by molar-refractivity contribution is 5.98. The van der Waals surface area contributed by atoms with Crippen LogP contribution in [0.3, 0.4) is 0 Å². The summed E-state index contributed by atoms with van der Waals surface area (Å²) >= 11 is 0. The minimum Gasteiger partial charge on any atom is -0.497 e. The standard InChI is InChI=1S/C18H19NO3/c1-13(22-16-9-7-15(21-2)8-10-16)18(20)19-12-11-14-5-3-4-6-17(14)19/h3-10,13H,11-12H2,1-2H3/t13-/m1/s1. The number of rotatable bonds is 4. The van der Waals surface area contributed by atoms with Gasteiger partial charge in [0.05, 0.1) is 7.11 Å². The predicted octanol–water partition coefficient (Wildman–Crippen LogP) is 3.05. The van der Waals surface area contributed by atoms with Gasteiger partial charge >= 0.3 is 0 Å². The van der Waals surface area contributed by atoms with Crippen molar-refractivity contribution in [2.45, 2.75) is 19.4 Å². The molecule has 114 valence electrons. The molecule has 0 saturated carbocycles. The van der Waals surface area contributed by atoms with Crippen molar-refractivity contribution in [2.24, 2.45) is 0 Å². The summed E-state index contributed by atoms with van der Waals surface area (Å²) in [6, 6.07) is 15.3. The molecule has 0 spiro atoms. The predicted molar refractivity (Wildman–Crippen MR) is 85.6 cm³/mol. The number of anilines is 1. The molecule has 4 nitrogen and oxygen atoms in total. The van der Waals surface area contributed by atoms with Crippen molar-refractivity contribution in [3.8, 4) is 11.5 Å². The lowest BCUT2D eigenvalue weighted by Gasteiger charge is -2.22. The number of benzene rings is 2. The molecule has 1 atom stereocenters. The molecule has 2 aromatic rings. The first kappa shape index (κ1) is 14.4. The molecule has 3 rings (SSSR count). The van der Waals surface area contributed by atoms with Crippen molar-refractivity contribution < 1.29 is 14.3 Å². The van der Waals surface area contributed by atoms with Gasteiger partial charge in [0.25, 0.3) is 5.91 Å². The van der Waals surface area contributed by atoms with Crippen LogP contribution in [0.5, 0.6) is 11.5 Å². The van der Waals surface area contributed by atoms with E-state index in [1.54, 1.807) is 26.2 Å². The van der Waals surface area contributed by atoms with Gasteiger partial charge in [0.1, 0.15) is 11.5 Å². The van der Waals surface area contributed by atoms with E-state index in [1.165, 1.54) is 5.56 Å². The van der Waals surface area contributed by atoms with Crippen molar-refractivity contribution >= 4 is 11.6 Å². The molecule has 1 heterocycles. The van der Waals surface area contributed by atoms with Gasteiger partial charge in [0.15, 0.2) is 6.10 Å². The van der Waals surface area contributed by atoms with E-state index >= 15 is 0 Å². The van der Waals surface area contributed by atoms with Gasteiger partial charge in [-0.05, 0) is 49.2 Å². The molecule has 4 heteroatoms. The summed E-state index contributed by atoms with van der Waals surface area (Å²) < 4.78 is 10.9. The number of ether oxygens (including phenoxy) is 2. The minimum absolute atomic E-state index is 0.0132. The van der Waals surface area contributed by atoms with Gasteiger partial charge in [-0.1, -0.05) is 18.2 Å². The van der Waals surface area contributed by atoms with Crippen LogP contribution >= 0.6 is 0 Å². The Morgan fingerprint density at radius 2 is 1.77 bits per heavy atom. The van der Waals surface area contributed by atoms with E-state index in [-0.39, 0.29) is 5.91 Å². The smallest absolute Gasteiger partial charge is 0.267 e. The molecule has 0 radical (unpaired) electrons. The fourth-order valence-electron chi connectivity index (χ4n) is 2.70. The molecular weight excluding hydrogens is 278 g/mol. The molecule has 22 heavy (non-hydrogen) atoms. The number of methoxy groups -OCH3 is 1. The first-order valence-corrected chi connectivity index (χ1v) is 7.39. The highest BCUT2D eigenvalue weighted by Gasteiger charge is 2.28. The summed E-state index contributed by atoms with van der Waals surface area (Å²) in [4.78, 5) is 14.4. The van der Waals surface area contributed by atoms with Crippen LogP contribution in [0.25, 0.3) is 0 Å². The van der Waals surface area contributed by atoms with E-state index in [0.717, 1.165) is 17.9 Å². The third kappa shape index (κ3) is 2.77. The summed E-state index contributed by atoms with van der Waals surface area (Å²) in [6.45, 7) is 2.50. The molecule has 1 amide bonds. The van der Waals surface area contributed by atoms with Gasteiger partial charge in [0, 0.05) is 12.2 Å². The molecule has 0 saturated heterocycles. The van der Waals surface area contributed by atoms with E-state index < -0.39 is 6.10 Å². The van der Waals surface area contributed by atoms with Gasteiger partial charge in [-0.2, -0.15) is 0 Å². The molecular formula is C18H19NO3. The highest BCUT2D eigenvalue weighted by atomic mass is 16.5. The van der Waals surface area contributed by atoms with Crippen LogP contribution in [0, 0.1) is 0 Å². The van der Waals surface area contributed by atoms with E-state index in [9.17, 15) is 4.79 Å². The van der Waals surface area contributed by atoms with Crippen LogP contribution in [-0.4, -0.2) is 25.7 Å². The molecule has 1 aliphatic rings. The topological polar surface area (TPSA) is 38.8 Å². The van der Waals surface area contributed by atoms with Crippen molar-refractivity contribution in [2.75, 3.05) is 18.6 Å². The second-order valence-electron chi connectivity index (χ2n) is 5.30. The summed E-state index contributed by atoms with van der Waals surface area (Å²) in [5.41, 5.74) is 2.21. The molecule has 2 aromatic carbocycles. The largest absolute Gasteiger partial charge is 0.497 e. The monoisotopic (exact) mass is 297 g/mol. The number of fused-ring (bicyclic) bond motifs is 1. The lowest BCUT2D eigenvalue weighted by atomic mass is 10.2. The lowest BCUT2D eigenvalue weighted by molar-refractivity contribution is -0.124. The lowest BCUT2D eigenvalue weighted by Crippen LogP contribution is -2.39. The average Bonchev–Trinajstić information content (AvgIpc) is 2.99. The van der Waals surface area contributed by atoms with Gasteiger partial charge < -0.3 is 14.4 Å². The second-order valence-corrected chi connectivity index (χ2v) is 5.30. The zero-order valence-electron chi connectivity index (χ0n) is 12.8. The zero-order chi connectivity index (χ0) is 15.5. The minimum atomic E-state index is -0.528. The van der Waals surface area contributed by atoms with E-state index in [4.69, 9.17) is 9.47 Å². The molecule has 0 N–H and O–H groups in total. The van der Waals surface area contributed by atoms with Crippen molar-refractivity contribution in [3.63, 3.8) is 0 Å². The number of para-hydroxylation sites is 1. The molecule has 0 unspecified atom stereocenters. The Morgan fingerprint density at radius 3 is 2.50 bits per heavy atom. The molecule has 0 fully saturated rings. The number of carbonyl (C=O) groups is 1. The van der Waals surface area contributed by atoms with Crippen molar-refractivity contribution in [1.82, 2.24) is 0 Å². The molecule has 0 aliphatic carbocycles. The maximum atomic E-state index is 12.6. The Balaban J connectivity index is 1.70. The van der Waals surface area contributed by atoms with E-state index in [2.05, 4.69) is 6.07 Å². The van der Waals surface area contributed by atoms with Crippen LogP contribution in [-0.2, 0) is 11.2 Å². The Kier molecular flexibility index (Phi) is 4.00. The summed E-state index contributed by atoms with van der Waals surface area (Å²) in [5, 5.41) is 0. The normalized spacial score (nSPS) is 14.4. The highest BCUT2D eigenvalue weighted by Crippen LogP contribution is 2.28. The van der Waals surface area contributed by atoms with Crippen molar-refractivity contribution in [3.05, 3.63) is 54.1 Å². The zero-order valence-corrected chi connectivity index (χ0v) is 12.8. The first-order chi connectivity index (χ1) is 10.7. The Morgan fingerprint density at radius 1 is 1.09 bits per heavy atom. The van der Waals surface area contributed by atoms with E-state index in [0.29, 0.717) is 12.3 Å². The number of nitrogens with zero attached hydrogens (tertiary/aromatic N) is 1. The fourth-order valence-corrected chi connectivity index (χ4v) is 2.70. The third-order valence-electron chi connectivity index (χ3n) is 3.87. The van der Waals surface area contributed by atoms with E-state index in [1.807, 2.05) is 35.2 Å². The molecule has 0 bridgehead atoms. The number of hydrogen-bond acceptors (Lipinski definition) is 3. The van der Waals surface area contributed by atoms with Crippen LogP contribution in [0.2, 0.25) is 0 Å². The third-order valence-corrected chi connectivity index (χ3v) is 3.87. The SMILES string of the molecule is COc1ccc(O[C@H](C)C(=O)N2CCc3ccccc32)cc1. The first-order valence-electron chi connectivity index (χ1n) is 7.39. The van der Waals surface area contributed by atoms with Crippen LogP contribution in [0.1, 0.15) is 12.5 Å². The van der Waals surface area contributed by atoms with Crippen LogP contribution in [0.4, 0.5) is 5.69 Å². The maximum Gasteiger partial charge on any atom is 0.267 e. The quantitative estimate of drug-likeness (QED) is 0.870. The van der Waals surface area contributed by atoms with Crippen molar-refractivity contribution in [1.29, 1.82) is 0 Å².